The van der Waals surface area contributed by atoms with Crippen molar-refractivity contribution in [1.29, 1.82) is 0 Å². The second-order valence-electron chi connectivity index (χ2n) is 8.49. The van der Waals surface area contributed by atoms with Gasteiger partial charge < -0.3 is 5.32 Å². The van der Waals surface area contributed by atoms with E-state index in [2.05, 4.69) is 22.4 Å². The van der Waals surface area contributed by atoms with Crippen LogP contribution in [0.3, 0.4) is 0 Å². The Morgan fingerprint density at radius 1 is 0.914 bits per heavy atom. The summed E-state index contributed by atoms with van der Waals surface area (Å²) in [6.07, 6.45) is 1.24. The van der Waals surface area contributed by atoms with Gasteiger partial charge >= 0.3 is 0 Å². The lowest BCUT2D eigenvalue weighted by molar-refractivity contribution is -0.119. The van der Waals surface area contributed by atoms with Gasteiger partial charge in [-0.25, -0.2) is 4.98 Å². The predicted octanol–water partition coefficient (Wildman–Crippen LogP) is 4.87. The van der Waals surface area contributed by atoms with Gasteiger partial charge in [-0.1, -0.05) is 103 Å². The number of aromatic nitrogens is 2. The predicted molar refractivity (Wildman–Crippen MR) is 142 cm³/mol. The molecule has 1 heterocycles. The van der Waals surface area contributed by atoms with E-state index in [1.807, 2.05) is 85.8 Å². The zero-order valence-electron chi connectivity index (χ0n) is 20.0. The van der Waals surface area contributed by atoms with Crippen molar-refractivity contribution in [3.63, 3.8) is 0 Å². The van der Waals surface area contributed by atoms with Crippen molar-refractivity contribution in [2.45, 2.75) is 31.0 Å². The first-order valence-electron chi connectivity index (χ1n) is 11.6. The lowest BCUT2D eigenvalue weighted by atomic mass is 9.99. The fraction of sp³-hybridized carbons (Fsp3) is 0.207. The molecule has 0 bridgehead atoms. The van der Waals surface area contributed by atoms with Crippen molar-refractivity contribution in [3.05, 3.63) is 129 Å². The molecule has 1 amide bonds. The molecular weight excluding hydrogens is 454 g/mol. The Balaban J connectivity index is 1.45. The van der Waals surface area contributed by atoms with E-state index in [1.165, 1.54) is 11.8 Å². The molecule has 1 unspecified atom stereocenters. The molecule has 1 aromatic heterocycles. The maximum atomic E-state index is 13.0. The number of carbonyl (C=O) groups is 1. The molecular formula is C29H29N3O2S. The van der Waals surface area contributed by atoms with Crippen LogP contribution in [0.15, 0.2) is 101 Å². The van der Waals surface area contributed by atoms with E-state index in [0.717, 1.165) is 16.7 Å². The van der Waals surface area contributed by atoms with Crippen LogP contribution in [0.5, 0.6) is 0 Å². The lowest BCUT2D eigenvalue weighted by Crippen LogP contribution is -2.32. The van der Waals surface area contributed by atoms with E-state index in [0.29, 0.717) is 29.3 Å². The highest BCUT2D eigenvalue weighted by Crippen LogP contribution is 2.20. The maximum absolute atomic E-state index is 13.0. The topological polar surface area (TPSA) is 64.0 Å². The van der Waals surface area contributed by atoms with Crippen LogP contribution in [0.4, 0.5) is 0 Å². The Bertz CT molecular complexity index is 1320. The molecule has 0 aliphatic carbocycles. The highest BCUT2D eigenvalue weighted by atomic mass is 32.2. The first-order chi connectivity index (χ1) is 17.0. The van der Waals surface area contributed by atoms with Crippen molar-refractivity contribution < 1.29 is 4.79 Å². The van der Waals surface area contributed by atoms with Gasteiger partial charge in [0.1, 0.15) is 0 Å². The number of nitrogens with zero attached hydrogens (tertiary/aromatic N) is 2. The minimum Gasteiger partial charge on any atom is -0.348 e. The van der Waals surface area contributed by atoms with E-state index >= 15 is 0 Å². The summed E-state index contributed by atoms with van der Waals surface area (Å²) in [6, 6.07) is 29.9. The summed E-state index contributed by atoms with van der Waals surface area (Å²) in [5, 5.41) is 3.71. The molecule has 0 fully saturated rings. The number of hydrogen-bond donors (Lipinski definition) is 1. The standard InChI is InChI=1S/C29H29N3O2S/c1-21-25(18-22-12-6-3-7-13-22)28(34)32(2)29(30-21)35-20-27(33)31-26(24-16-10-5-11-17-24)19-23-14-8-4-9-15-23/h3-17,26H,18-20H2,1-2H3,(H,31,33). The quantitative estimate of drug-likeness (QED) is 0.272. The van der Waals surface area contributed by atoms with Gasteiger partial charge in [-0.05, 0) is 30.0 Å². The number of rotatable bonds is 9. The molecule has 0 saturated heterocycles. The molecule has 4 rings (SSSR count). The normalized spacial score (nSPS) is 11.7. The minimum absolute atomic E-state index is 0.0736. The van der Waals surface area contributed by atoms with Crippen molar-refractivity contribution in [2.24, 2.45) is 7.05 Å². The summed E-state index contributed by atoms with van der Waals surface area (Å²) in [6.45, 7) is 1.86. The van der Waals surface area contributed by atoms with Crippen LogP contribution in [0.1, 0.15) is 34.0 Å². The average Bonchev–Trinajstić information content (AvgIpc) is 2.89. The molecule has 178 valence electrons. The number of carbonyl (C=O) groups excluding carboxylic acids is 1. The van der Waals surface area contributed by atoms with Crippen molar-refractivity contribution in [2.75, 3.05) is 5.75 Å². The lowest BCUT2D eigenvalue weighted by Gasteiger charge is -2.20. The van der Waals surface area contributed by atoms with Gasteiger partial charge in [-0.2, -0.15) is 0 Å². The van der Waals surface area contributed by atoms with E-state index in [9.17, 15) is 9.59 Å². The molecule has 4 aromatic rings. The molecule has 5 nitrogen and oxygen atoms in total. The summed E-state index contributed by atoms with van der Waals surface area (Å²) in [7, 11) is 1.71. The van der Waals surface area contributed by atoms with Crippen LogP contribution in [0, 0.1) is 6.92 Å². The van der Waals surface area contributed by atoms with Gasteiger partial charge in [0.05, 0.1) is 11.8 Å². The molecule has 35 heavy (non-hydrogen) atoms. The Morgan fingerprint density at radius 3 is 2.11 bits per heavy atom. The zero-order chi connectivity index (χ0) is 24.6. The van der Waals surface area contributed by atoms with Gasteiger partial charge in [-0.15, -0.1) is 0 Å². The van der Waals surface area contributed by atoms with E-state index < -0.39 is 0 Å². The van der Waals surface area contributed by atoms with Crippen LogP contribution in [0.25, 0.3) is 0 Å². The second-order valence-corrected chi connectivity index (χ2v) is 9.44. The first kappa shape index (κ1) is 24.5. The molecule has 0 aliphatic heterocycles. The van der Waals surface area contributed by atoms with Crippen molar-refractivity contribution in [3.8, 4) is 0 Å². The molecule has 0 radical (unpaired) electrons. The van der Waals surface area contributed by atoms with Crippen LogP contribution in [-0.2, 0) is 24.7 Å². The molecule has 1 atom stereocenters. The third-order valence-electron chi connectivity index (χ3n) is 5.93. The molecule has 3 aromatic carbocycles. The van der Waals surface area contributed by atoms with Crippen LogP contribution in [-0.4, -0.2) is 21.2 Å². The first-order valence-corrected chi connectivity index (χ1v) is 12.6. The summed E-state index contributed by atoms with van der Waals surface area (Å²) in [5.41, 5.74) is 4.59. The van der Waals surface area contributed by atoms with Crippen LogP contribution >= 0.6 is 11.8 Å². The summed E-state index contributed by atoms with van der Waals surface area (Å²) in [5.74, 6) is 0.0793. The Labute approximate surface area is 210 Å². The number of thioether (sulfide) groups is 1. The zero-order valence-corrected chi connectivity index (χ0v) is 20.8. The molecule has 0 spiro atoms. The Kier molecular flexibility index (Phi) is 8.16. The third kappa shape index (κ3) is 6.49. The third-order valence-corrected chi connectivity index (χ3v) is 6.96. The number of hydrogen-bond acceptors (Lipinski definition) is 4. The Morgan fingerprint density at radius 2 is 1.49 bits per heavy atom. The highest BCUT2D eigenvalue weighted by Gasteiger charge is 2.18. The highest BCUT2D eigenvalue weighted by molar-refractivity contribution is 7.99. The SMILES string of the molecule is Cc1nc(SCC(=O)NC(Cc2ccccc2)c2ccccc2)n(C)c(=O)c1Cc1ccccc1. The van der Waals surface area contributed by atoms with E-state index in [4.69, 9.17) is 0 Å². The Hall–Kier alpha value is -3.64. The average molecular weight is 484 g/mol. The number of aryl methyl sites for hydroxylation is 1. The van der Waals surface area contributed by atoms with Crippen molar-refractivity contribution in [1.82, 2.24) is 14.9 Å². The fourth-order valence-electron chi connectivity index (χ4n) is 4.02. The summed E-state index contributed by atoms with van der Waals surface area (Å²) >= 11 is 1.28. The van der Waals surface area contributed by atoms with Gasteiger partial charge in [0.2, 0.25) is 5.91 Å². The van der Waals surface area contributed by atoms with Crippen molar-refractivity contribution >= 4 is 17.7 Å². The van der Waals surface area contributed by atoms with Crippen LogP contribution in [0.2, 0.25) is 0 Å². The van der Waals surface area contributed by atoms with Gasteiger partial charge in [0.25, 0.3) is 5.56 Å². The maximum Gasteiger partial charge on any atom is 0.257 e. The van der Waals surface area contributed by atoms with E-state index in [1.54, 1.807) is 11.6 Å². The van der Waals surface area contributed by atoms with Gasteiger partial charge in [-0.3, -0.25) is 14.2 Å². The smallest absolute Gasteiger partial charge is 0.257 e. The summed E-state index contributed by atoms with van der Waals surface area (Å²) < 4.78 is 1.54. The summed E-state index contributed by atoms with van der Waals surface area (Å²) in [4.78, 5) is 30.6. The largest absolute Gasteiger partial charge is 0.348 e. The molecule has 0 aliphatic rings. The van der Waals surface area contributed by atoms with Gasteiger partial charge in [0.15, 0.2) is 5.16 Å². The number of benzene rings is 3. The monoisotopic (exact) mass is 483 g/mol. The van der Waals surface area contributed by atoms with Crippen LogP contribution < -0.4 is 10.9 Å². The minimum atomic E-state index is -0.140. The molecule has 0 saturated carbocycles. The number of amides is 1. The second kappa shape index (κ2) is 11.7. The fourth-order valence-corrected chi connectivity index (χ4v) is 4.84. The molecule has 6 heteroatoms. The van der Waals surface area contributed by atoms with Gasteiger partial charge in [0, 0.05) is 24.7 Å². The number of nitrogens with one attached hydrogen (secondary N) is 1. The van der Waals surface area contributed by atoms with E-state index in [-0.39, 0.29) is 23.3 Å². The molecule has 1 N–H and O–H groups in total.